The van der Waals surface area contributed by atoms with Crippen LogP contribution in [-0.4, -0.2) is 51.6 Å². The van der Waals surface area contributed by atoms with Gasteiger partial charge in [0.25, 0.3) is 0 Å². The number of esters is 1. The molecule has 1 N–H and O–H groups in total. The molecule has 216 valence electrons. The third-order valence-electron chi connectivity index (χ3n) is 6.70. The van der Waals surface area contributed by atoms with Crippen molar-refractivity contribution in [2.45, 2.75) is 50.5 Å². The number of nitrogens with one attached hydrogen (secondary N) is 1. The molecule has 2 aromatic carbocycles. The number of ether oxygens (including phenoxy) is 2. The fraction of sp³-hybridized carbons (Fsp3) is 0.433. The van der Waals surface area contributed by atoms with E-state index in [1.165, 1.54) is 19.2 Å². The fourth-order valence-corrected chi connectivity index (χ4v) is 6.10. The van der Waals surface area contributed by atoms with Gasteiger partial charge in [-0.2, -0.15) is 0 Å². The normalized spacial score (nSPS) is 21.0. The number of ketones is 1. The summed E-state index contributed by atoms with van der Waals surface area (Å²) >= 11 is 0. The molecular weight excluding hydrogens is 537 g/mol. The highest BCUT2D eigenvalue weighted by Crippen LogP contribution is 2.22. The smallest absolute Gasteiger partial charge is 0.309 e. The lowest BCUT2D eigenvalue weighted by Gasteiger charge is -2.24. The Hall–Kier alpha value is -3.53. The number of halogens is 1. The van der Waals surface area contributed by atoms with Crippen LogP contribution in [0, 0.1) is 23.6 Å². The van der Waals surface area contributed by atoms with Crippen molar-refractivity contribution in [2.24, 2.45) is 17.8 Å². The quantitative estimate of drug-likeness (QED) is 0.315. The zero-order chi connectivity index (χ0) is 29.3. The Kier molecular flexibility index (Phi) is 11.0. The topological polar surface area (TPSA) is 116 Å². The minimum Gasteiger partial charge on any atom is -0.490 e. The minimum absolute atomic E-state index is 0.0333. The molecule has 2 bridgehead atoms. The van der Waals surface area contributed by atoms with Crippen LogP contribution < -0.4 is 10.1 Å². The average molecular weight is 574 g/mol. The zero-order valence-electron chi connectivity index (χ0n) is 23.0. The summed E-state index contributed by atoms with van der Waals surface area (Å²) in [6.07, 6.45) is 4.02. The molecule has 0 fully saturated rings. The number of sulfone groups is 1. The predicted molar refractivity (Wildman–Crippen MR) is 148 cm³/mol. The van der Waals surface area contributed by atoms with Crippen LogP contribution in [0.15, 0.2) is 65.6 Å². The average Bonchev–Trinajstić information content (AvgIpc) is 2.91. The number of carbonyl (C=O) groups is 3. The van der Waals surface area contributed by atoms with Crippen molar-refractivity contribution in [2.75, 3.05) is 19.5 Å². The highest BCUT2D eigenvalue weighted by atomic mass is 32.2. The lowest BCUT2D eigenvalue weighted by molar-refractivity contribution is -0.147. The van der Waals surface area contributed by atoms with Crippen LogP contribution in [0.5, 0.6) is 5.75 Å². The van der Waals surface area contributed by atoms with E-state index in [1.54, 1.807) is 36.4 Å². The fourth-order valence-electron chi connectivity index (χ4n) is 4.56. The first-order valence-electron chi connectivity index (χ1n) is 13.2. The molecule has 0 saturated heterocycles. The maximum absolute atomic E-state index is 13.6. The van der Waals surface area contributed by atoms with E-state index in [-0.39, 0.29) is 42.5 Å². The highest BCUT2D eigenvalue weighted by Gasteiger charge is 2.32. The van der Waals surface area contributed by atoms with Gasteiger partial charge in [0, 0.05) is 6.42 Å². The van der Waals surface area contributed by atoms with Gasteiger partial charge in [-0.3, -0.25) is 14.4 Å². The Balaban J connectivity index is 1.97. The van der Waals surface area contributed by atoms with Gasteiger partial charge in [-0.25, -0.2) is 12.8 Å². The third-order valence-corrected chi connectivity index (χ3v) is 8.53. The number of hydrogen-bond donors (Lipinski definition) is 1. The molecular formula is C30H36FNO7S. The summed E-state index contributed by atoms with van der Waals surface area (Å²) in [5.74, 6) is -3.76. The van der Waals surface area contributed by atoms with Gasteiger partial charge >= 0.3 is 5.97 Å². The van der Waals surface area contributed by atoms with Crippen molar-refractivity contribution in [1.29, 1.82) is 0 Å². The van der Waals surface area contributed by atoms with E-state index in [4.69, 9.17) is 9.47 Å². The molecule has 2 aromatic rings. The van der Waals surface area contributed by atoms with Gasteiger partial charge in [-0.15, -0.1) is 0 Å². The van der Waals surface area contributed by atoms with Crippen molar-refractivity contribution < 1.29 is 36.7 Å². The van der Waals surface area contributed by atoms with E-state index < -0.39 is 51.2 Å². The number of hydrogen-bond acceptors (Lipinski definition) is 7. The molecule has 8 nitrogen and oxygen atoms in total. The number of benzene rings is 2. The molecule has 0 saturated carbocycles. The molecule has 40 heavy (non-hydrogen) atoms. The molecule has 0 aromatic heterocycles. The van der Waals surface area contributed by atoms with Crippen molar-refractivity contribution in [3.63, 3.8) is 0 Å². The first-order valence-corrected chi connectivity index (χ1v) is 14.9. The van der Waals surface area contributed by atoms with Gasteiger partial charge in [0.2, 0.25) is 5.91 Å². The second kappa shape index (κ2) is 14.2. The summed E-state index contributed by atoms with van der Waals surface area (Å²) in [5, 5.41) is 2.79. The van der Waals surface area contributed by atoms with Crippen LogP contribution in [-0.2, 0) is 35.4 Å². The molecule has 0 aliphatic carbocycles. The van der Waals surface area contributed by atoms with Crippen molar-refractivity contribution >= 4 is 27.5 Å². The maximum Gasteiger partial charge on any atom is 0.309 e. The number of carbonyl (C=O) groups excluding carboxylic acids is 3. The largest absolute Gasteiger partial charge is 0.490 e. The maximum atomic E-state index is 13.6. The molecule has 2 aliphatic heterocycles. The van der Waals surface area contributed by atoms with E-state index in [9.17, 15) is 27.2 Å². The number of amides is 1. The first-order chi connectivity index (χ1) is 19.0. The molecule has 4 rings (SSSR count). The van der Waals surface area contributed by atoms with Crippen LogP contribution in [0.1, 0.15) is 38.7 Å². The van der Waals surface area contributed by atoms with E-state index in [1.807, 2.05) is 13.8 Å². The minimum atomic E-state index is -3.97. The van der Waals surface area contributed by atoms with Crippen molar-refractivity contribution in [1.82, 2.24) is 5.32 Å². The van der Waals surface area contributed by atoms with E-state index >= 15 is 0 Å². The van der Waals surface area contributed by atoms with Gasteiger partial charge < -0.3 is 14.8 Å². The summed E-state index contributed by atoms with van der Waals surface area (Å²) in [6, 6.07) is 10.5. The number of rotatable bonds is 6. The predicted octanol–water partition coefficient (Wildman–Crippen LogP) is 4.08. The standard InChI is InChI=1S/C30H36FNO7S/c1-20(2)16-27-28(33)18-22(30(35)38-3)6-4-5-15-39-25-11-7-21(8-12-25)17-23(29(34)32-27)19-40(36,37)26-13-9-24(31)10-14-26/h4-5,7-14,20,22-23,27H,6,15-19H2,1-3H3,(H,32,34)/t22-,23-,27+/m1/s1. The number of methoxy groups -OCH3 is 1. The van der Waals surface area contributed by atoms with Crippen LogP contribution in [0.4, 0.5) is 4.39 Å². The Morgan fingerprint density at radius 3 is 2.35 bits per heavy atom. The van der Waals surface area contributed by atoms with Gasteiger partial charge in [0.05, 0.1) is 35.6 Å². The second-order valence-electron chi connectivity index (χ2n) is 10.4. The summed E-state index contributed by atoms with van der Waals surface area (Å²) in [5.41, 5.74) is 0.708. The molecule has 2 aliphatic rings. The number of fused-ring (bicyclic) bond motifs is 13. The van der Waals surface area contributed by atoms with Crippen LogP contribution in [0.3, 0.4) is 0 Å². The van der Waals surface area contributed by atoms with E-state index in [2.05, 4.69) is 5.32 Å². The summed E-state index contributed by atoms with van der Waals surface area (Å²) in [6.45, 7) is 4.05. The Morgan fingerprint density at radius 1 is 1.05 bits per heavy atom. The lowest BCUT2D eigenvalue weighted by atomic mass is 9.91. The Morgan fingerprint density at radius 2 is 1.73 bits per heavy atom. The SMILES string of the molecule is COC(=O)[C@@H]1CC=CCOc2ccc(cc2)C[C@H](CS(=O)(=O)c2ccc(F)cc2)C(=O)N[C@@H](CC(C)C)C(=O)C1. The molecule has 0 radical (unpaired) electrons. The molecule has 2 heterocycles. The van der Waals surface area contributed by atoms with E-state index in [0.717, 1.165) is 12.1 Å². The molecule has 1 amide bonds. The number of Topliss-reactive ketones (excluding diaryl/α,β-unsaturated/α-hetero) is 1. The molecule has 3 atom stereocenters. The second-order valence-corrected chi connectivity index (χ2v) is 12.4. The molecule has 0 spiro atoms. The zero-order valence-corrected chi connectivity index (χ0v) is 23.8. The molecule has 10 heteroatoms. The van der Waals surface area contributed by atoms with Crippen molar-refractivity contribution in [3.05, 3.63) is 72.1 Å². The van der Waals surface area contributed by atoms with Crippen LogP contribution in [0.25, 0.3) is 0 Å². The van der Waals surface area contributed by atoms with Crippen molar-refractivity contribution in [3.8, 4) is 5.75 Å². The van der Waals surface area contributed by atoms with E-state index in [0.29, 0.717) is 17.7 Å². The lowest BCUT2D eigenvalue weighted by Crippen LogP contribution is -2.47. The summed E-state index contributed by atoms with van der Waals surface area (Å²) in [7, 11) is -2.72. The van der Waals surface area contributed by atoms with Gasteiger partial charge in [-0.05, 0) is 67.1 Å². The number of allylic oxidation sites excluding steroid dienone is 1. The monoisotopic (exact) mass is 573 g/mol. The van der Waals surface area contributed by atoms with Gasteiger partial charge in [-0.1, -0.05) is 38.1 Å². The summed E-state index contributed by atoms with van der Waals surface area (Å²) in [4.78, 5) is 39.3. The highest BCUT2D eigenvalue weighted by molar-refractivity contribution is 7.91. The molecule has 0 unspecified atom stereocenters. The Labute approximate surface area is 234 Å². The van der Waals surface area contributed by atoms with Crippen LogP contribution in [0.2, 0.25) is 0 Å². The van der Waals surface area contributed by atoms with Gasteiger partial charge in [0.15, 0.2) is 15.6 Å². The van der Waals surface area contributed by atoms with Gasteiger partial charge in [0.1, 0.15) is 18.2 Å². The summed E-state index contributed by atoms with van der Waals surface area (Å²) < 4.78 is 50.5. The third kappa shape index (κ3) is 9.01. The first kappa shape index (κ1) is 31.0. The Bertz CT molecular complexity index is 1300. The van der Waals surface area contributed by atoms with Crippen LogP contribution >= 0.6 is 0 Å².